The average Bonchev–Trinajstić information content (AvgIpc) is 2.52. The van der Waals surface area contributed by atoms with E-state index in [9.17, 15) is 5.11 Å². The second-order valence-electron chi connectivity index (χ2n) is 5.87. The van der Waals surface area contributed by atoms with Crippen molar-refractivity contribution in [1.29, 1.82) is 0 Å². The van der Waals surface area contributed by atoms with Crippen LogP contribution in [-0.2, 0) is 4.74 Å². The molecule has 1 aromatic rings. The molecule has 2 N–H and O–H groups in total. The number of nitrogens with one attached hydrogen (secondary N) is 1. The fourth-order valence-electron chi connectivity index (χ4n) is 2.24. The summed E-state index contributed by atoms with van der Waals surface area (Å²) in [7, 11) is 0. The largest absolute Gasteiger partial charge is 0.491 e. The maximum atomic E-state index is 10.3. The number of benzene rings is 1. The van der Waals surface area contributed by atoms with Crippen molar-refractivity contribution in [2.24, 2.45) is 0 Å². The Morgan fingerprint density at radius 3 is 2.68 bits per heavy atom. The van der Waals surface area contributed by atoms with E-state index in [0.717, 1.165) is 39.4 Å². The van der Waals surface area contributed by atoms with Gasteiger partial charge < -0.3 is 19.9 Å². The zero-order valence-electron chi connectivity index (χ0n) is 13.1. The van der Waals surface area contributed by atoms with E-state index in [2.05, 4.69) is 10.2 Å². The molecule has 124 valence electrons. The zero-order valence-corrected chi connectivity index (χ0v) is 13.8. The second kappa shape index (κ2) is 8.70. The quantitative estimate of drug-likeness (QED) is 0.706. The number of hydrogen-bond donors (Lipinski definition) is 2. The first-order chi connectivity index (χ1) is 10.6. The molecular formula is C16H25ClN2O3. The van der Waals surface area contributed by atoms with Crippen molar-refractivity contribution in [3.8, 4) is 5.75 Å². The Bertz CT molecular complexity index is 434. The molecule has 0 bridgehead atoms. The molecule has 0 unspecified atom stereocenters. The Morgan fingerprint density at radius 2 is 2.00 bits per heavy atom. The Kier molecular flexibility index (Phi) is 6.92. The zero-order chi connectivity index (χ0) is 15.8. The van der Waals surface area contributed by atoms with Gasteiger partial charge in [-0.2, -0.15) is 0 Å². The highest BCUT2D eigenvalue weighted by Gasteiger charge is 2.21. The first kappa shape index (κ1) is 17.5. The van der Waals surface area contributed by atoms with E-state index in [4.69, 9.17) is 21.1 Å². The Balaban J connectivity index is 1.61. The Morgan fingerprint density at radius 1 is 1.32 bits per heavy atom. The summed E-state index contributed by atoms with van der Waals surface area (Å²) in [5.41, 5.74) is -0.912. The van der Waals surface area contributed by atoms with Crippen LogP contribution < -0.4 is 10.1 Å². The fraction of sp³-hybridized carbons (Fsp3) is 0.625. The second-order valence-corrected chi connectivity index (χ2v) is 6.31. The van der Waals surface area contributed by atoms with Crippen molar-refractivity contribution >= 4 is 11.6 Å². The minimum absolute atomic E-state index is 0.235. The molecule has 1 atom stereocenters. The lowest BCUT2D eigenvalue weighted by Crippen LogP contribution is -2.46. The smallest absolute Gasteiger partial charge is 0.119 e. The molecule has 0 radical (unpaired) electrons. The summed E-state index contributed by atoms with van der Waals surface area (Å²) in [5, 5.41) is 14.3. The van der Waals surface area contributed by atoms with Crippen molar-refractivity contribution in [3.63, 3.8) is 0 Å². The summed E-state index contributed by atoms with van der Waals surface area (Å²) in [5.74, 6) is 0.706. The highest BCUT2D eigenvalue weighted by atomic mass is 35.5. The van der Waals surface area contributed by atoms with Crippen LogP contribution in [0.25, 0.3) is 0 Å². The fourth-order valence-corrected chi connectivity index (χ4v) is 2.37. The van der Waals surface area contributed by atoms with Crippen LogP contribution >= 0.6 is 11.6 Å². The highest BCUT2D eigenvalue weighted by Crippen LogP contribution is 2.16. The summed E-state index contributed by atoms with van der Waals surface area (Å²) in [4.78, 5) is 2.36. The van der Waals surface area contributed by atoms with Gasteiger partial charge in [0.1, 0.15) is 18.0 Å². The van der Waals surface area contributed by atoms with Gasteiger partial charge in [0, 0.05) is 37.7 Å². The number of aliphatic hydroxyl groups is 1. The molecule has 0 aliphatic carbocycles. The van der Waals surface area contributed by atoms with Crippen molar-refractivity contribution in [2.45, 2.75) is 12.5 Å². The normalized spacial score (nSPS) is 18.9. The van der Waals surface area contributed by atoms with Crippen molar-refractivity contribution in [1.82, 2.24) is 10.2 Å². The highest BCUT2D eigenvalue weighted by molar-refractivity contribution is 6.30. The number of ether oxygens (including phenoxy) is 2. The monoisotopic (exact) mass is 328 g/mol. The van der Waals surface area contributed by atoms with Gasteiger partial charge in [0.2, 0.25) is 0 Å². The summed E-state index contributed by atoms with van der Waals surface area (Å²) < 4.78 is 10.9. The standard InChI is InChI=1S/C16H25ClN2O3/c1-16(20,13-22-15-4-2-14(17)3-5-15)12-18-6-7-19-8-10-21-11-9-19/h2-5,18,20H,6-13H2,1H3/t16-/m1/s1. The van der Waals surface area contributed by atoms with Crippen molar-refractivity contribution in [3.05, 3.63) is 29.3 Å². The molecule has 1 fully saturated rings. The molecule has 1 saturated heterocycles. The number of hydrogen-bond acceptors (Lipinski definition) is 5. The number of halogens is 1. The molecular weight excluding hydrogens is 304 g/mol. The van der Waals surface area contributed by atoms with Gasteiger partial charge in [-0.1, -0.05) is 11.6 Å². The number of morpholine rings is 1. The predicted molar refractivity (Wildman–Crippen MR) is 87.7 cm³/mol. The topological polar surface area (TPSA) is 54.0 Å². The van der Waals surface area contributed by atoms with Gasteiger partial charge in [0.25, 0.3) is 0 Å². The van der Waals surface area contributed by atoms with E-state index < -0.39 is 5.60 Å². The number of nitrogens with zero attached hydrogens (tertiary/aromatic N) is 1. The van der Waals surface area contributed by atoms with Crippen LogP contribution in [0, 0.1) is 0 Å². The van der Waals surface area contributed by atoms with Gasteiger partial charge in [-0.15, -0.1) is 0 Å². The summed E-state index contributed by atoms with van der Waals surface area (Å²) in [6.07, 6.45) is 0. The van der Waals surface area contributed by atoms with E-state index in [0.29, 0.717) is 17.3 Å². The van der Waals surface area contributed by atoms with Gasteiger partial charge in [0.05, 0.1) is 13.2 Å². The summed E-state index contributed by atoms with van der Waals surface area (Å²) >= 11 is 5.82. The first-order valence-electron chi connectivity index (χ1n) is 7.67. The van der Waals surface area contributed by atoms with Gasteiger partial charge >= 0.3 is 0 Å². The van der Waals surface area contributed by atoms with Crippen molar-refractivity contribution in [2.75, 3.05) is 52.5 Å². The van der Waals surface area contributed by atoms with Crippen LogP contribution in [0.3, 0.4) is 0 Å². The molecule has 0 aromatic heterocycles. The summed E-state index contributed by atoms with van der Waals surface area (Å²) in [6, 6.07) is 7.13. The maximum absolute atomic E-state index is 10.3. The molecule has 1 aliphatic heterocycles. The third-order valence-electron chi connectivity index (χ3n) is 3.58. The van der Waals surface area contributed by atoms with Crippen molar-refractivity contribution < 1.29 is 14.6 Å². The molecule has 1 aromatic carbocycles. The average molecular weight is 329 g/mol. The predicted octanol–water partition coefficient (Wildman–Crippen LogP) is 1.39. The summed E-state index contributed by atoms with van der Waals surface area (Å²) in [6.45, 7) is 7.90. The lowest BCUT2D eigenvalue weighted by atomic mass is 10.1. The van der Waals surface area contributed by atoms with Crippen LogP contribution in [0.2, 0.25) is 5.02 Å². The maximum Gasteiger partial charge on any atom is 0.119 e. The molecule has 1 aliphatic rings. The number of rotatable bonds is 8. The van der Waals surface area contributed by atoms with E-state index in [1.807, 2.05) is 0 Å². The lowest BCUT2D eigenvalue weighted by Gasteiger charge is -2.28. The molecule has 6 heteroatoms. The van der Waals surface area contributed by atoms with E-state index in [1.165, 1.54) is 0 Å². The Hall–Kier alpha value is -0.850. The third kappa shape index (κ3) is 6.50. The van der Waals surface area contributed by atoms with Crippen LogP contribution in [0.15, 0.2) is 24.3 Å². The third-order valence-corrected chi connectivity index (χ3v) is 3.83. The molecule has 22 heavy (non-hydrogen) atoms. The van der Waals surface area contributed by atoms with Crippen LogP contribution in [0.5, 0.6) is 5.75 Å². The molecule has 0 saturated carbocycles. The van der Waals surface area contributed by atoms with Crippen LogP contribution in [-0.4, -0.2) is 68.2 Å². The first-order valence-corrected chi connectivity index (χ1v) is 8.04. The van der Waals surface area contributed by atoms with E-state index in [-0.39, 0.29) is 6.61 Å². The van der Waals surface area contributed by atoms with Crippen LogP contribution in [0.4, 0.5) is 0 Å². The minimum atomic E-state index is -0.912. The van der Waals surface area contributed by atoms with Gasteiger partial charge in [-0.05, 0) is 31.2 Å². The van der Waals surface area contributed by atoms with Gasteiger partial charge in [-0.3, -0.25) is 4.90 Å². The molecule has 5 nitrogen and oxygen atoms in total. The minimum Gasteiger partial charge on any atom is -0.491 e. The van der Waals surface area contributed by atoms with Gasteiger partial charge in [0.15, 0.2) is 0 Å². The molecule has 1 heterocycles. The lowest BCUT2D eigenvalue weighted by molar-refractivity contribution is 0.0101. The van der Waals surface area contributed by atoms with E-state index in [1.54, 1.807) is 31.2 Å². The van der Waals surface area contributed by atoms with Crippen LogP contribution in [0.1, 0.15) is 6.92 Å². The van der Waals surface area contributed by atoms with Gasteiger partial charge in [-0.25, -0.2) is 0 Å². The molecule has 0 amide bonds. The SMILES string of the molecule is C[C@@](O)(CNCCN1CCOCC1)COc1ccc(Cl)cc1. The molecule has 0 spiro atoms. The van der Waals surface area contributed by atoms with E-state index >= 15 is 0 Å². The Labute approximate surface area is 137 Å². The molecule has 2 rings (SSSR count).